The highest BCUT2D eigenvalue weighted by atomic mass is 16.3. The summed E-state index contributed by atoms with van der Waals surface area (Å²) in [7, 11) is 0. The van der Waals surface area contributed by atoms with Crippen molar-refractivity contribution in [1.82, 2.24) is 14.7 Å². The lowest BCUT2D eigenvalue weighted by Gasteiger charge is -2.47. The van der Waals surface area contributed by atoms with Crippen LogP contribution in [0.1, 0.15) is 12.0 Å². The molecule has 1 N–H and O–H groups in total. The van der Waals surface area contributed by atoms with Gasteiger partial charge in [0, 0.05) is 39.1 Å². The van der Waals surface area contributed by atoms with Crippen LogP contribution in [-0.2, 0) is 16.0 Å². The maximum Gasteiger partial charge on any atom is 0.247 e. The first kappa shape index (κ1) is 15.6. The van der Waals surface area contributed by atoms with Crippen LogP contribution in [0.25, 0.3) is 0 Å². The molecule has 0 saturated carbocycles. The molecule has 1 aromatic rings. The Hall–Kier alpha value is -1.92. The van der Waals surface area contributed by atoms with Gasteiger partial charge in [-0.05, 0) is 12.0 Å². The average molecular weight is 329 g/mol. The van der Waals surface area contributed by atoms with Gasteiger partial charge in [-0.25, -0.2) is 0 Å². The van der Waals surface area contributed by atoms with E-state index in [2.05, 4.69) is 17.0 Å². The van der Waals surface area contributed by atoms with E-state index >= 15 is 0 Å². The minimum Gasteiger partial charge on any atom is -0.391 e. The number of rotatable bonds is 3. The average Bonchev–Trinajstić information content (AvgIpc) is 3.01. The van der Waals surface area contributed by atoms with Crippen LogP contribution in [0.4, 0.5) is 0 Å². The number of benzene rings is 1. The molecule has 128 valence electrons. The Kier molecular flexibility index (Phi) is 4.02. The summed E-state index contributed by atoms with van der Waals surface area (Å²) >= 11 is 0. The first-order valence-electron chi connectivity index (χ1n) is 8.69. The fourth-order valence-corrected chi connectivity index (χ4v) is 4.12. The van der Waals surface area contributed by atoms with E-state index in [0.29, 0.717) is 26.1 Å². The molecule has 0 spiro atoms. The standard InChI is InChI=1S/C18H23N3O3/c22-14-10-15-17(23)20-9-8-19(7-6-13-4-2-1-3-5-13)12-16(20)18(24)21(15)11-14/h1-5,14-16,22H,6-12H2/t14-,15+,16-/m1/s1. The third-order valence-electron chi connectivity index (χ3n) is 5.44. The van der Waals surface area contributed by atoms with Crippen LogP contribution in [0.15, 0.2) is 30.3 Å². The quantitative estimate of drug-likeness (QED) is 0.828. The highest BCUT2D eigenvalue weighted by Crippen LogP contribution is 2.29. The third kappa shape index (κ3) is 2.70. The monoisotopic (exact) mass is 329 g/mol. The molecule has 2 amide bonds. The first-order valence-corrected chi connectivity index (χ1v) is 8.69. The molecule has 0 radical (unpaired) electrons. The zero-order chi connectivity index (χ0) is 16.7. The molecular formula is C18H23N3O3. The molecule has 0 unspecified atom stereocenters. The number of amides is 2. The van der Waals surface area contributed by atoms with Gasteiger partial charge < -0.3 is 14.9 Å². The van der Waals surface area contributed by atoms with Gasteiger partial charge in [-0.3, -0.25) is 14.5 Å². The minimum atomic E-state index is -0.571. The fraction of sp³-hybridized carbons (Fsp3) is 0.556. The first-order chi connectivity index (χ1) is 11.6. The summed E-state index contributed by atoms with van der Waals surface area (Å²) in [5, 5.41) is 9.82. The van der Waals surface area contributed by atoms with Gasteiger partial charge in [0.2, 0.25) is 11.8 Å². The molecule has 24 heavy (non-hydrogen) atoms. The van der Waals surface area contributed by atoms with Crippen molar-refractivity contribution in [2.24, 2.45) is 0 Å². The van der Waals surface area contributed by atoms with Crippen molar-refractivity contribution < 1.29 is 14.7 Å². The van der Waals surface area contributed by atoms with Gasteiger partial charge in [-0.2, -0.15) is 0 Å². The van der Waals surface area contributed by atoms with Crippen molar-refractivity contribution in [3.63, 3.8) is 0 Å². The highest BCUT2D eigenvalue weighted by Gasteiger charge is 2.51. The molecule has 1 aromatic carbocycles. The number of piperazine rings is 2. The van der Waals surface area contributed by atoms with Crippen LogP contribution >= 0.6 is 0 Å². The fourth-order valence-electron chi connectivity index (χ4n) is 4.12. The number of hydrogen-bond donors (Lipinski definition) is 1. The van der Waals surface area contributed by atoms with Gasteiger partial charge >= 0.3 is 0 Å². The SMILES string of the molecule is O=C1[C@@H]2C[C@@H](O)CN2C(=O)[C@H]2CN(CCc3ccccc3)CCN12. The summed E-state index contributed by atoms with van der Waals surface area (Å²) < 4.78 is 0. The van der Waals surface area contributed by atoms with Crippen molar-refractivity contribution >= 4 is 11.8 Å². The van der Waals surface area contributed by atoms with Gasteiger partial charge in [-0.1, -0.05) is 30.3 Å². The van der Waals surface area contributed by atoms with Crippen LogP contribution < -0.4 is 0 Å². The summed E-state index contributed by atoms with van der Waals surface area (Å²) in [4.78, 5) is 31.0. The summed E-state index contributed by atoms with van der Waals surface area (Å²) in [6, 6.07) is 9.48. The van der Waals surface area contributed by atoms with Crippen molar-refractivity contribution in [1.29, 1.82) is 0 Å². The predicted octanol–water partition coefficient (Wildman–Crippen LogP) is -0.283. The molecule has 6 heteroatoms. The van der Waals surface area contributed by atoms with Crippen molar-refractivity contribution in [2.45, 2.75) is 31.0 Å². The molecule has 6 nitrogen and oxygen atoms in total. The molecule has 4 rings (SSSR count). The van der Waals surface area contributed by atoms with E-state index in [0.717, 1.165) is 19.5 Å². The van der Waals surface area contributed by atoms with Gasteiger partial charge in [-0.15, -0.1) is 0 Å². The number of fused-ring (bicyclic) bond motifs is 2. The maximum atomic E-state index is 12.7. The lowest BCUT2D eigenvalue weighted by atomic mass is 10.0. The molecule has 3 heterocycles. The van der Waals surface area contributed by atoms with Crippen LogP contribution in [0.2, 0.25) is 0 Å². The molecular weight excluding hydrogens is 306 g/mol. The largest absolute Gasteiger partial charge is 0.391 e. The van der Waals surface area contributed by atoms with E-state index in [1.165, 1.54) is 5.56 Å². The molecule has 0 bridgehead atoms. The number of aliphatic hydroxyl groups excluding tert-OH is 1. The molecule has 3 saturated heterocycles. The molecule has 3 fully saturated rings. The maximum absolute atomic E-state index is 12.7. The van der Waals surface area contributed by atoms with E-state index in [1.807, 2.05) is 18.2 Å². The Morgan fingerprint density at radius 3 is 2.50 bits per heavy atom. The van der Waals surface area contributed by atoms with E-state index in [4.69, 9.17) is 0 Å². The summed E-state index contributed by atoms with van der Waals surface area (Å²) in [6.45, 7) is 3.18. The Bertz CT molecular complexity index is 636. The van der Waals surface area contributed by atoms with Gasteiger partial charge in [0.1, 0.15) is 12.1 Å². The highest BCUT2D eigenvalue weighted by molar-refractivity contribution is 5.97. The zero-order valence-electron chi connectivity index (χ0n) is 13.7. The summed E-state index contributed by atoms with van der Waals surface area (Å²) in [5.41, 5.74) is 1.29. The van der Waals surface area contributed by atoms with Crippen LogP contribution in [0, 0.1) is 0 Å². The smallest absolute Gasteiger partial charge is 0.247 e. The van der Waals surface area contributed by atoms with Crippen molar-refractivity contribution in [2.75, 3.05) is 32.7 Å². The Morgan fingerprint density at radius 1 is 0.958 bits per heavy atom. The van der Waals surface area contributed by atoms with Crippen molar-refractivity contribution in [3.05, 3.63) is 35.9 Å². The van der Waals surface area contributed by atoms with E-state index in [1.54, 1.807) is 9.80 Å². The molecule has 3 atom stereocenters. The molecule has 3 aliphatic heterocycles. The number of aliphatic hydroxyl groups is 1. The Labute approximate surface area is 141 Å². The van der Waals surface area contributed by atoms with Gasteiger partial charge in [0.05, 0.1) is 6.10 Å². The second-order valence-corrected chi connectivity index (χ2v) is 6.98. The van der Waals surface area contributed by atoms with Gasteiger partial charge in [0.25, 0.3) is 0 Å². The number of carbonyl (C=O) groups is 2. The van der Waals surface area contributed by atoms with Crippen LogP contribution in [0.5, 0.6) is 0 Å². The Morgan fingerprint density at radius 2 is 1.71 bits per heavy atom. The lowest BCUT2D eigenvalue weighted by molar-refractivity contribution is -0.163. The van der Waals surface area contributed by atoms with Crippen LogP contribution in [0.3, 0.4) is 0 Å². The zero-order valence-corrected chi connectivity index (χ0v) is 13.7. The number of nitrogens with zero attached hydrogens (tertiary/aromatic N) is 3. The normalized spacial score (nSPS) is 30.5. The second-order valence-electron chi connectivity index (χ2n) is 6.98. The minimum absolute atomic E-state index is 0.000520. The van der Waals surface area contributed by atoms with E-state index in [-0.39, 0.29) is 17.9 Å². The summed E-state index contributed by atoms with van der Waals surface area (Å²) in [6.07, 6.45) is 0.755. The molecule has 0 aliphatic carbocycles. The predicted molar refractivity (Wildman–Crippen MR) is 88.2 cm³/mol. The van der Waals surface area contributed by atoms with E-state index < -0.39 is 12.1 Å². The lowest BCUT2D eigenvalue weighted by Crippen LogP contribution is -2.68. The third-order valence-corrected chi connectivity index (χ3v) is 5.44. The van der Waals surface area contributed by atoms with Crippen molar-refractivity contribution in [3.8, 4) is 0 Å². The van der Waals surface area contributed by atoms with E-state index in [9.17, 15) is 14.7 Å². The second kappa shape index (κ2) is 6.18. The number of hydrogen-bond acceptors (Lipinski definition) is 4. The summed E-state index contributed by atoms with van der Waals surface area (Å²) in [5.74, 6) is 0.0134. The number of carbonyl (C=O) groups excluding carboxylic acids is 2. The Balaban J connectivity index is 1.42. The van der Waals surface area contributed by atoms with Gasteiger partial charge in [0.15, 0.2) is 0 Å². The van der Waals surface area contributed by atoms with Crippen LogP contribution in [-0.4, -0.2) is 82.5 Å². The topological polar surface area (TPSA) is 64.1 Å². The molecule has 3 aliphatic rings. The molecule has 0 aromatic heterocycles.